The van der Waals surface area contributed by atoms with Crippen molar-refractivity contribution >= 4 is 29.2 Å². The quantitative estimate of drug-likeness (QED) is 0.182. The fraction of sp³-hybridized carbons (Fsp3) is 0.154. The Hall–Kier alpha value is -4.46. The third-order valence-corrected chi connectivity index (χ3v) is 4.81. The number of anilines is 1. The number of rotatable bonds is 7. The molecule has 0 atom stereocenters. The van der Waals surface area contributed by atoms with E-state index in [1.54, 1.807) is 67.6 Å². The maximum Gasteiger partial charge on any atom is 0.343 e. The highest BCUT2D eigenvalue weighted by molar-refractivity contribution is 6.39. The number of nitrogens with zero attached hydrogens (tertiary/aromatic N) is 1. The van der Waals surface area contributed by atoms with Gasteiger partial charge in [-0.1, -0.05) is 42.5 Å². The molecule has 0 aliphatic carbocycles. The lowest BCUT2D eigenvalue weighted by molar-refractivity contribution is -0.136. The van der Waals surface area contributed by atoms with Crippen molar-refractivity contribution in [2.75, 3.05) is 11.9 Å². The molecule has 0 aliphatic heterocycles. The molecule has 0 saturated carbocycles. The average Bonchev–Trinajstić information content (AvgIpc) is 2.84. The number of ether oxygens (including phenoxy) is 2. The molecule has 3 rings (SSSR count). The van der Waals surface area contributed by atoms with E-state index in [9.17, 15) is 14.4 Å². The minimum Gasteiger partial charge on any atom is -0.492 e. The van der Waals surface area contributed by atoms with E-state index < -0.39 is 17.8 Å². The van der Waals surface area contributed by atoms with Gasteiger partial charge in [-0.05, 0) is 56.7 Å². The summed E-state index contributed by atoms with van der Waals surface area (Å²) < 4.78 is 11.0. The molecule has 0 heterocycles. The summed E-state index contributed by atoms with van der Waals surface area (Å²) in [5.41, 5.74) is 4.69. The summed E-state index contributed by atoms with van der Waals surface area (Å²) in [6.45, 7) is 5.68. The predicted molar refractivity (Wildman–Crippen MR) is 129 cm³/mol. The molecule has 0 radical (unpaired) electrons. The summed E-state index contributed by atoms with van der Waals surface area (Å²) in [7, 11) is 0. The van der Waals surface area contributed by atoms with E-state index in [4.69, 9.17) is 9.47 Å². The van der Waals surface area contributed by atoms with Gasteiger partial charge in [-0.3, -0.25) is 9.59 Å². The number of para-hydroxylation sites is 3. The summed E-state index contributed by atoms with van der Waals surface area (Å²) in [6, 6.07) is 20.7. The molecular formula is C26H25N3O5. The maximum atomic E-state index is 12.6. The molecule has 0 aliphatic rings. The topological polar surface area (TPSA) is 106 Å². The molecule has 0 unspecified atom stereocenters. The fourth-order valence-electron chi connectivity index (χ4n) is 3.09. The van der Waals surface area contributed by atoms with E-state index in [0.717, 1.165) is 5.56 Å². The van der Waals surface area contributed by atoms with Crippen molar-refractivity contribution < 1.29 is 23.9 Å². The van der Waals surface area contributed by atoms with Crippen LogP contribution >= 0.6 is 0 Å². The first kappa shape index (κ1) is 24.2. The smallest absolute Gasteiger partial charge is 0.343 e. The first-order valence-electron chi connectivity index (χ1n) is 10.6. The van der Waals surface area contributed by atoms with E-state index in [0.29, 0.717) is 34.9 Å². The van der Waals surface area contributed by atoms with Crippen LogP contribution in [0.25, 0.3) is 0 Å². The van der Waals surface area contributed by atoms with Crippen LogP contribution in [0.4, 0.5) is 5.69 Å². The van der Waals surface area contributed by atoms with E-state index in [1.165, 1.54) is 0 Å². The van der Waals surface area contributed by atoms with Gasteiger partial charge in [-0.25, -0.2) is 10.2 Å². The predicted octanol–water partition coefficient (Wildman–Crippen LogP) is 4.09. The molecule has 3 aromatic carbocycles. The Morgan fingerprint density at radius 1 is 0.824 bits per heavy atom. The largest absolute Gasteiger partial charge is 0.492 e. The van der Waals surface area contributed by atoms with Crippen LogP contribution in [-0.2, 0) is 9.59 Å². The average molecular weight is 460 g/mol. The minimum absolute atomic E-state index is 0.279. The number of hydrogen-bond acceptors (Lipinski definition) is 6. The van der Waals surface area contributed by atoms with Gasteiger partial charge in [0.25, 0.3) is 0 Å². The second-order valence-electron chi connectivity index (χ2n) is 7.22. The first-order valence-corrected chi connectivity index (χ1v) is 10.6. The van der Waals surface area contributed by atoms with Gasteiger partial charge in [0.15, 0.2) is 0 Å². The van der Waals surface area contributed by atoms with Crippen LogP contribution in [0.15, 0.2) is 77.9 Å². The van der Waals surface area contributed by atoms with Crippen LogP contribution in [0.1, 0.15) is 35.3 Å². The van der Waals surface area contributed by atoms with Gasteiger partial charge in [0.1, 0.15) is 11.5 Å². The van der Waals surface area contributed by atoms with E-state index >= 15 is 0 Å². The lowest BCUT2D eigenvalue weighted by atomic mass is 10.1. The molecule has 2 amide bonds. The zero-order valence-electron chi connectivity index (χ0n) is 19.1. The van der Waals surface area contributed by atoms with Gasteiger partial charge in [-0.2, -0.15) is 5.10 Å². The number of amides is 2. The van der Waals surface area contributed by atoms with Crippen LogP contribution in [0.5, 0.6) is 11.5 Å². The van der Waals surface area contributed by atoms with Crippen molar-refractivity contribution in [3.63, 3.8) is 0 Å². The van der Waals surface area contributed by atoms with Crippen LogP contribution in [0, 0.1) is 6.92 Å². The normalized spacial score (nSPS) is 10.9. The second kappa shape index (κ2) is 11.4. The summed E-state index contributed by atoms with van der Waals surface area (Å²) in [4.78, 5) is 37.2. The summed E-state index contributed by atoms with van der Waals surface area (Å²) in [6.07, 6.45) is 0. The van der Waals surface area contributed by atoms with Crippen LogP contribution in [0.2, 0.25) is 0 Å². The Bertz CT molecular complexity index is 1240. The van der Waals surface area contributed by atoms with E-state index in [2.05, 4.69) is 15.8 Å². The third-order valence-electron chi connectivity index (χ3n) is 4.81. The highest BCUT2D eigenvalue weighted by Crippen LogP contribution is 2.24. The van der Waals surface area contributed by atoms with Crippen molar-refractivity contribution in [3.8, 4) is 11.5 Å². The maximum absolute atomic E-state index is 12.6. The third kappa shape index (κ3) is 6.07. The Balaban J connectivity index is 1.70. The molecule has 3 aromatic rings. The zero-order valence-corrected chi connectivity index (χ0v) is 19.1. The molecule has 8 nitrogen and oxygen atoms in total. The van der Waals surface area contributed by atoms with Gasteiger partial charge < -0.3 is 14.8 Å². The number of benzene rings is 3. The minimum atomic E-state index is -0.958. The second-order valence-corrected chi connectivity index (χ2v) is 7.22. The number of hydrogen-bond donors (Lipinski definition) is 2. The molecule has 0 aromatic heterocycles. The first-order chi connectivity index (χ1) is 16.4. The molecule has 8 heteroatoms. The Labute approximate surface area is 197 Å². The highest BCUT2D eigenvalue weighted by Gasteiger charge is 2.17. The van der Waals surface area contributed by atoms with Gasteiger partial charge in [-0.15, -0.1) is 0 Å². The van der Waals surface area contributed by atoms with Gasteiger partial charge in [0.2, 0.25) is 0 Å². The monoisotopic (exact) mass is 459 g/mol. The zero-order chi connectivity index (χ0) is 24.5. The van der Waals surface area contributed by atoms with Gasteiger partial charge in [0.05, 0.1) is 23.6 Å². The Kier molecular flexibility index (Phi) is 8.12. The van der Waals surface area contributed by atoms with Gasteiger partial charge in [0, 0.05) is 5.56 Å². The Morgan fingerprint density at radius 2 is 1.44 bits per heavy atom. The van der Waals surface area contributed by atoms with Crippen molar-refractivity contribution in [3.05, 3.63) is 89.5 Å². The molecule has 0 fully saturated rings. The summed E-state index contributed by atoms with van der Waals surface area (Å²) in [5.74, 6) is -1.63. The van der Waals surface area contributed by atoms with Gasteiger partial charge >= 0.3 is 17.8 Å². The lowest BCUT2D eigenvalue weighted by Crippen LogP contribution is -2.33. The molecule has 174 valence electrons. The molecule has 0 spiro atoms. The lowest BCUT2D eigenvalue weighted by Gasteiger charge is -2.12. The van der Waals surface area contributed by atoms with Crippen LogP contribution < -0.4 is 20.2 Å². The highest BCUT2D eigenvalue weighted by atomic mass is 16.5. The van der Waals surface area contributed by atoms with E-state index in [-0.39, 0.29) is 5.75 Å². The van der Waals surface area contributed by atoms with E-state index in [1.807, 2.05) is 26.0 Å². The molecular weight excluding hydrogens is 434 g/mol. The van der Waals surface area contributed by atoms with Crippen molar-refractivity contribution in [2.24, 2.45) is 5.10 Å². The molecule has 0 bridgehead atoms. The number of esters is 1. The number of carbonyl (C=O) groups is 3. The van der Waals surface area contributed by atoms with Crippen LogP contribution in [-0.4, -0.2) is 30.1 Å². The summed E-state index contributed by atoms with van der Waals surface area (Å²) >= 11 is 0. The van der Waals surface area contributed by atoms with Crippen LogP contribution in [0.3, 0.4) is 0 Å². The van der Waals surface area contributed by atoms with Crippen molar-refractivity contribution in [1.82, 2.24) is 5.43 Å². The standard InChI is InChI=1S/C26H25N3O5/c1-4-33-23-16-10-8-14-21(23)27-24(30)25(31)29-28-18(3)20-13-7-9-15-22(20)34-26(32)19-12-6-5-11-17(19)2/h5-16H,4H2,1-3H3,(H,27,30)(H,29,31). The SMILES string of the molecule is CCOc1ccccc1NC(=O)C(=O)NN=C(C)c1ccccc1OC(=O)c1ccccc1C. The molecule has 0 saturated heterocycles. The molecule has 2 N–H and O–H groups in total. The number of hydrazone groups is 1. The number of carbonyl (C=O) groups excluding carboxylic acids is 3. The Morgan fingerprint density at radius 3 is 2.15 bits per heavy atom. The summed E-state index contributed by atoms with van der Waals surface area (Å²) in [5, 5.41) is 6.51. The molecule has 34 heavy (non-hydrogen) atoms. The number of aryl methyl sites for hydroxylation is 1. The fourth-order valence-corrected chi connectivity index (χ4v) is 3.09. The van der Waals surface area contributed by atoms with Crippen molar-refractivity contribution in [1.29, 1.82) is 0 Å². The number of nitrogens with one attached hydrogen (secondary N) is 2. The van der Waals surface area contributed by atoms with Crippen molar-refractivity contribution in [2.45, 2.75) is 20.8 Å².